The van der Waals surface area contributed by atoms with Gasteiger partial charge in [0.05, 0.1) is 12.7 Å². The molecule has 0 aromatic heterocycles. The minimum absolute atomic E-state index is 0.0636. The molecule has 0 heterocycles. The highest BCUT2D eigenvalue weighted by Gasteiger charge is 2.27. The minimum Gasteiger partial charge on any atom is -0.507 e. The lowest BCUT2D eigenvalue weighted by molar-refractivity contribution is 0.0911. The monoisotopic (exact) mass is 315 g/mol. The SMILES string of the molecule is COc1ccc(O)c(C(=O)NC(C)(C)C(C)Br)c1. The van der Waals surface area contributed by atoms with Gasteiger partial charge in [-0.05, 0) is 32.0 Å². The summed E-state index contributed by atoms with van der Waals surface area (Å²) in [7, 11) is 1.51. The van der Waals surface area contributed by atoms with Crippen molar-refractivity contribution in [1.29, 1.82) is 0 Å². The maximum absolute atomic E-state index is 12.1. The number of phenolic OH excluding ortho intramolecular Hbond substituents is 1. The Kier molecular flexibility index (Phi) is 4.62. The Labute approximate surface area is 115 Å². The van der Waals surface area contributed by atoms with Crippen LogP contribution in [0.25, 0.3) is 0 Å². The molecule has 0 aliphatic carbocycles. The van der Waals surface area contributed by atoms with Crippen LogP contribution in [-0.4, -0.2) is 28.5 Å². The van der Waals surface area contributed by atoms with E-state index in [9.17, 15) is 9.90 Å². The molecule has 1 rings (SSSR count). The fraction of sp³-hybridized carbons (Fsp3) is 0.462. The predicted octanol–water partition coefficient (Wildman–Crippen LogP) is 2.69. The van der Waals surface area contributed by atoms with E-state index < -0.39 is 5.54 Å². The maximum Gasteiger partial charge on any atom is 0.255 e. The van der Waals surface area contributed by atoms with Gasteiger partial charge in [-0.15, -0.1) is 0 Å². The van der Waals surface area contributed by atoms with Crippen molar-refractivity contribution in [2.45, 2.75) is 31.1 Å². The number of phenols is 1. The number of nitrogens with one attached hydrogen (secondary N) is 1. The molecular formula is C13H18BrNO3. The molecule has 1 aromatic rings. The summed E-state index contributed by atoms with van der Waals surface area (Å²) in [5.74, 6) is 0.136. The first-order chi connectivity index (χ1) is 8.27. The summed E-state index contributed by atoms with van der Waals surface area (Å²) in [6.07, 6.45) is 0. The average molecular weight is 316 g/mol. The number of ether oxygens (including phenoxy) is 1. The van der Waals surface area contributed by atoms with Crippen LogP contribution in [0.1, 0.15) is 31.1 Å². The van der Waals surface area contributed by atoms with Crippen molar-refractivity contribution < 1.29 is 14.6 Å². The van der Waals surface area contributed by atoms with E-state index >= 15 is 0 Å². The fourth-order valence-electron chi connectivity index (χ4n) is 1.28. The Morgan fingerprint density at radius 3 is 2.61 bits per heavy atom. The molecule has 1 unspecified atom stereocenters. The molecule has 0 fully saturated rings. The number of aromatic hydroxyl groups is 1. The molecule has 0 saturated heterocycles. The molecule has 0 radical (unpaired) electrons. The Balaban J connectivity index is 2.97. The highest BCUT2D eigenvalue weighted by Crippen LogP contribution is 2.24. The van der Waals surface area contributed by atoms with Crippen molar-refractivity contribution >= 4 is 21.8 Å². The Hall–Kier alpha value is -1.23. The zero-order chi connectivity index (χ0) is 13.9. The van der Waals surface area contributed by atoms with Crippen molar-refractivity contribution in [2.75, 3.05) is 7.11 Å². The van der Waals surface area contributed by atoms with Crippen LogP contribution >= 0.6 is 15.9 Å². The highest BCUT2D eigenvalue weighted by atomic mass is 79.9. The predicted molar refractivity (Wildman–Crippen MR) is 74.6 cm³/mol. The summed E-state index contributed by atoms with van der Waals surface area (Å²) >= 11 is 3.44. The van der Waals surface area contributed by atoms with Crippen LogP contribution in [0, 0.1) is 0 Å². The van der Waals surface area contributed by atoms with Crippen LogP contribution in [0.15, 0.2) is 18.2 Å². The summed E-state index contributed by atoms with van der Waals surface area (Å²) in [5, 5.41) is 12.6. The van der Waals surface area contributed by atoms with Gasteiger partial charge >= 0.3 is 0 Å². The molecule has 0 spiro atoms. The van der Waals surface area contributed by atoms with Crippen molar-refractivity contribution in [3.05, 3.63) is 23.8 Å². The third-order valence-electron chi connectivity index (χ3n) is 2.88. The van der Waals surface area contributed by atoms with Crippen LogP contribution in [-0.2, 0) is 0 Å². The summed E-state index contributed by atoms with van der Waals surface area (Å²) in [5.41, 5.74) is -0.220. The second kappa shape index (κ2) is 5.61. The van der Waals surface area contributed by atoms with E-state index in [1.54, 1.807) is 6.07 Å². The number of amides is 1. The van der Waals surface area contributed by atoms with Gasteiger partial charge < -0.3 is 15.2 Å². The summed E-state index contributed by atoms with van der Waals surface area (Å²) < 4.78 is 5.04. The van der Waals surface area contributed by atoms with Gasteiger partial charge in [-0.3, -0.25) is 4.79 Å². The topological polar surface area (TPSA) is 58.6 Å². The van der Waals surface area contributed by atoms with E-state index in [2.05, 4.69) is 21.2 Å². The van der Waals surface area contributed by atoms with Crippen LogP contribution in [0.5, 0.6) is 11.5 Å². The number of halogens is 1. The quantitative estimate of drug-likeness (QED) is 0.840. The molecule has 4 nitrogen and oxygen atoms in total. The van der Waals surface area contributed by atoms with Crippen LogP contribution in [0.4, 0.5) is 0 Å². The highest BCUT2D eigenvalue weighted by molar-refractivity contribution is 9.09. The minimum atomic E-state index is -0.424. The fourth-order valence-corrected chi connectivity index (χ4v) is 1.40. The van der Waals surface area contributed by atoms with E-state index in [4.69, 9.17) is 4.74 Å². The van der Waals surface area contributed by atoms with Gasteiger partial charge in [-0.25, -0.2) is 0 Å². The Morgan fingerprint density at radius 1 is 1.50 bits per heavy atom. The van der Waals surface area contributed by atoms with Crippen LogP contribution in [0.3, 0.4) is 0 Å². The first-order valence-corrected chi connectivity index (χ1v) is 6.53. The second-order valence-electron chi connectivity index (χ2n) is 4.67. The molecule has 1 atom stereocenters. The largest absolute Gasteiger partial charge is 0.507 e. The third kappa shape index (κ3) is 3.38. The van der Waals surface area contributed by atoms with Gasteiger partial charge in [0.2, 0.25) is 0 Å². The number of carbonyl (C=O) groups excluding carboxylic acids is 1. The van der Waals surface area contributed by atoms with Gasteiger partial charge in [-0.1, -0.05) is 22.9 Å². The molecule has 0 saturated carbocycles. The lowest BCUT2D eigenvalue weighted by atomic mass is 10.0. The first-order valence-electron chi connectivity index (χ1n) is 5.61. The van der Waals surface area contributed by atoms with Crippen molar-refractivity contribution in [1.82, 2.24) is 5.32 Å². The van der Waals surface area contributed by atoms with Crippen LogP contribution < -0.4 is 10.1 Å². The number of benzene rings is 1. The lowest BCUT2D eigenvalue weighted by Crippen LogP contribution is -2.48. The van der Waals surface area contributed by atoms with Gasteiger partial charge in [0.15, 0.2) is 0 Å². The number of alkyl halides is 1. The van der Waals surface area contributed by atoms with E-state index in [1.165, 1.54) is 19.2 Å². The van der Waals surface area contributed by atoms with E-state index in [0.29, 0.717) is 5.75 Å². The third-order valence-corrected chi connectivity index (χ3v) is 4.02. The Morgan fingerprint density at radius 2 is 2.11 bits per heavy atom. The second-order valence-corrected chi connectivity index (χ2v) is 6.05. The molecule has 100 valence electrons. The van der Waals surface area contributed by atoms with Gasteiger partial charge in [0, 0.05) is 10.4 Å². The summed E-state index contributed by atoms with van der Waals surface area (Å²) in [6, 6.07) is 4.56. The number of methoxy groups -OCH3 is 1. The van der Waals surface area contributed by atoms with E-state index in [1.807, 2.05) is 20.8 Å². The first kappa shape index (κ1) is 14.8. The normalized spacial score (nSPS) is 12.9. The zero-order valence-corrected chi connectivity index (χ0v) is 12.5. The van der Waals surface area contributed by atoms with Gasteiger partial charge in [0.25, 0.3) is 5.91 Å². The van der Waals surface area contributed by atoms with E-state index in [-0.39, 0.29) is 22.0 Å². The van der Waals surface area contributed by atoms with Gasteiger partial charge in [-0.2, -0.15) is 0 Å². The molecule has 1 aromatic carbocycles. The molecule has 5 heteroatoms. The summed E-state index contributed by atoms with van der Waals surface area (Å²) in [6.45, 7) is 5.76. The number of rotatable bonds is 4. The zero-order valence-electron chi connectivity index (χ0n) is 11.0. The molecule has 2 N–H and O–H groups in total. The summed E-state index contributed by atoms with van der Waals surface area (Å²) in [4.78, 5) is 12.2. The molecule has 18 heavy (non-hydrogen) atoms. The van der Waals surface area contributed by atoms with Gasteiger partial charge in [0.1, 0.15) is 11.5 Å². The smallest absolute Gasteiger partial charge is 0.255 e. The molecule has 0 bridgehead atoms. The van der Waals surface area contributed by atoms with Crippen molar-refractivity contribution in [2.24, 2.45) is 0 Å². The molecule has 0 aliphatic heterocycles. The Bertz CT molecular complexity index is 444. The molecule has 1 amide bonds. The van der Waals surface area contributed by atoms with Crippen molar-refractivity contribution in [3.8, 4) is 11.5 Å². The number of hydrogen-bond acceptors (Lipinski definition) is 3. The lowest BCUT2D eigenvalue weighted by Gasteiger charge is -2.29. The number of carbonyl (C=O) groups is 1. The number of hydrogen-bond donors (Lipinski definition) is 2. The maximum atomic E-state index is 12.1. The molecular weight excluding hydrogens is 298 g/mol. The average Bonchev–Trinajstić information content (AvgIpc) is 2.28. The van der Waals surface area contributed by atoms with Crippen molar-refractivity contribution in [3.63, 3.8) is 0 Å². The standard InChI is InChI=1S/C13H18BrNO3/c1-8(14)13(2,3)15-12(17)10-7-9(18-4)5-6-11(10)16/h5-8,16H,1-4H3,(H,15,17). The van der Waals surface area contributed by atoms with E-state index in [0.717, 1.165) is 0 Å². The van der Waals surface area contributed by atoms with Crippen LogP contribution in [0.2, 0.25) is 0 Å². The molecule has 0 aliphatic rings.